The summed E-state index contributed by atoms with van der Waals surface area (Å²) in [6.45, 7) is 7.56. The number of carbonyl (C=O) groups is 1. The Hall–Kier alpha value is -2.84. The molecule has 8 heteroatoms. The Balaban J connectivity index is 1.36. The first-order valence-electron chi connectivity index (χ1n) is 12.0. The van der Waals surface area contributed by atoms with Crippen LogP contribution in [0.3, 0.4) is 0 Å². The van der Waals surface area contributed by atoms with Crippen LogP contribution in [0.4, 0.5) is 8.78 Å². The van der Waals surface area contributed by atoms with Gasteiger partial charge < -0.3 is 14.6 Å². The van der Waals surface area contributed by atoms with E-state index in [1.165, 1.54) is 11.6 Å². The van der Waals surface area contributed by atoms with E-state index in [9.17, 15) is 13.6 Å². The molecule has 1 N–H and O–H groups in total. The molecule has 1 aliphatic rings. The van der Waals surface area contributed by atoms with Crippen molar-refractivity contribution >= 4 is 16.9 Å². The topological polar surface area (TPSA) is 59.4 Å². The number of nitrogens with one attached hydrogen (secondary N) is 1. The molecule has 2 heterocycles. The van der Waals surface area contributed by atoms with Gasteiger partial charge in [0.05, 0.1) is 30.8 Å². The monoisotopic (exact) mass is 470 g/mol. The molecule has 0 unspecified atom stereocenters. The number of nitrogens with zero attached hydrogens (tertiary/aromatic N) is 3. The molecule has 1 fully saturated rings. The summed E-state index contributed by atoms with van der Waals surface area (Å²) in [7, 11) is 0. The molecule has 1 saturated heterocycles. The first-order valence-corrected chi connectivity index (χ1v) is 12.0. The molecular formula is C26H32F2N4O2. The third-order valence-electron chi connectivity index (χ3n) is 6.15. The Morgan fingerprint density at radius 2 is 1.97 bits per heavy atom. The number of rotatable bonds is 10. The molecule has 1 amide bonds. The summed E-state index contributed by atoms with van der Waals surface area (Å²) in [6.07, 6.45) is 1.97. The molecule has 2 aromatic carbocycles. The lowest BCUT2D eigenvalue weighted by Crippen LogP contribution is -2.35. The summed E-state index contributed by atoms with van der Waals surface area (Å²) in [4.78, 5) is 19.6. The first kappa shape index (κ1) is 24.3. The van der Waals surface area contributed by atoms with Gasteiger partial charge in [0.2, 0.25) is 5.91 Å². The predicted octanol–water partition coefficient (Wildman–Crippen LogP) is 4.20. The highest BCUT2D eigenvalue weighted by Gasteiger charge is 2.15. The highest BCUT2D eigenvalue weighted by molar-refractivity contribution is 5.78. The van der Waals surface area contributed by atoms with Crippen molar-refractivity contribution in [2.45, 2.75) is 52.2 Å². The van der Waals surface area contributed by atoms with Crippen LogP contribution in [0.2, 0.25) is 0 Å². The zero-order chi connectivity index (χ0) is 23.9. The first-order chi connectivity index (χ1) is 16.5. The van der Waals surface area contributed by atoms with Gasteiger partial charge in [-0.25, -0.2) is 13.8 Å². The SMILES string of the molecule is CCCn1c(CNC(=O)CCCc2cc(F)ccc2F)nc2cc(CN3CCOCC3)ccc21. The van der Waals surface area contributed by atoms with E-state index >= 15 is 0 Å². The molecule has 0 aliphatic carbocycles. The zero-order valence-electron chi connectivity index (χ0n) is 19.7. The number of hydrogen-bond acceptors (Lipinski definition) is 4. The van der Waals surface area contributed by atoms with Gasteiger partial charge in [0.1, 0.15) is 17.5 Å². The number of carbonyl (C=O) groups excluding carboxylic acids is 1. The minimum atomic E-state index is -0.469. The number of hydrogen-bond donors (Lipinski definition) is 1. The van der Waals surface area contributed by atoms with Crippen LogP contribution in [-0.4, -0.2) is 46.7 Å². The van der Waals surface area contributed by atoms with Crippen molar-refractivity contribution in [1.82, 2.24) is 19.8 Å². The molecule has 6 nitrogen and oxygen atoms in total. The van der Waals surface area contributed by atoms with Crippen LogP contribution in [0.15, 0.2) is 36.4 Å². The summed E-state index contributed by atoms with van der Waals surface area (Å²) >= 11 is 0. The molecule has 4 rings (SSSR count). The lowest BCUT2D eigenvalue weighted by molar-refractivity contribution is -0.121. The Morgan fingerprint density at radius 3 is 2.76 bits per heavy atom. The van der Waals surface area contributed by atoms with Crippen LogP contribution in [0.5, 0.6) is 0 Å². The number of aromatic nitrogens is 2. The Morgan fingerprint density at radius 1 is 1.15 bits per heavy atom. The van der Waals surface area contributed by atoms with Gasteiger partial charge in [-0.15, -0.1) is 0 Å². The summed E-state index contributed by atoms with van der Waals surface area (Å²) in [5.74, 6) is -0.211. The van der Waals surface area contributed by atoms with Crippen LogP contribution in [-0.2, 0) is 35.6 Å². The van der Waals surface area contributed by atoms with Crippen molar-refractivity contribution in [3.63, 3.8) is 0 Å². The second-order valence-electron chi connectivity index (χ2n) is 8.76. The molecule has 0 saturated carbocycles. The van der Waals surface area contributed by atoms with E-state index in [1.807, 2.05) is 0 Å². The maximum absolute atomic E-state index is 13.8. The number of imidazole rings is 1. The molecule has 0 atom stereocenters. The molecule has 0 spiro atoms. The lowest BCUT2D eigenvalue weighted by Gasteiger charge is -2.26. The molecule has 0 bridgehead atoms. The number of fused-ring (bicyclic) bond motifs is 1. The van der Waals surface area contributed by atoms with Gasteiger partial charge in [-0.2, -0.15) is 0 Å². The maximum atomic E-state index is 13.8. The predicted molar refractivity (Wildman–Crippen MR) is 127 cm³/mol. The molecule has 3 aromatic rings. The van der Waals surface area contributed by atoms with E-state index in [1.54, 1.807) is 0 Å². The van der Waals surface area contributed by atoms with Gasteiger partial charge in [0.25, 0.3) is 0 Å². The van der Waals surface area contributed by atoms with E-state index in [0.717, 1.165) is 74.8 Å². The molecule has 34 heavy (non-hydrogen) atoms. The third-order valence-corrected chi connectivity index (χ3v) is 6.15. The standard InChI is InChI=1S/C26H32F2N4O2/c1-2-10-32-24-9-6-19(18-31-11-13-34-14-12-31)15-23(24)30-25(32)17-29-26(33)5-3-4-20-16-21(27)7-8-22(20)28/h6-9,15-16H,2-5,10-14,17-18H2,1H3,(H,29,33). The quantitative estimate of drug-likeness (QED) is 0.483. The summed E-state index contributed by atoms with van der Waals surface area (Å²) < 4.78 is 34.7. The second kappa shape index (κ2) is 11.5. The van der Waals surface area contributed by atoms with Crippen molar-refractivity contribution in [3.05, 3.63) is 65.0 Å². The molecule has 0 radical (unpaired) electrons. The summed E-state index contributed by atoms with van der Waals surface area (Å²) in [6, 6.07) is 9.81. The van der Waals surface area contributed by atoms with Gasteiger partial charge in [-0.3, -0.25) is 9.69 Å². The Kier molecular flexibility index (Phi) is 8.24. The number of aryl methyl sites for hydroxylation is 2. The van der Waals surface area contributed by atoms with Crippen molar-refractivity contribution in [1.29, 1.82) is 0 Å². The van der Waals surface area contributed by atoms with E-state index in [-0.39, 0.29) is 12.3 Å². The highest BCUT2D eigenvalue weighted by atomic mass is 19.1. The van der Waals surface area contributed by atoms with Crippen molar-refractivity contribution < 1.29 is 18.3 Å². The minimum Gasteiger partial charge on any atom is -0.379 e. The summed E-state index contributed by atoms with van der Waals surface area (Å²) in [5, 5.41) is 2.94. The lowest BCUT2D eigenvalue weighted by atomic mass is 10.1. The largest absolute Gasteiger partial charge is 0.379 e. The highest BCUT2D eigenvalue weighted by Crippen LogP contribution is 2.20. The van der Waals surface area contributed by atoms with Crippen LogP contribution >= 0.6 is 0 Å². The smallest absolute Gasteiger partial charge is 0.220 e. The van der Waals surface area contributed by atoms with Crippen LogP contribution in [0, 0.1) is 11.6 Å². The molecule has 1 aromatic heterocycles. The van der Waals surface area contributed by atoms with Gasteiger partial charge in [0, 0.05) is 32.6 Å². The fourth-order valence-electron chi connectivity index (χ4n) is 4.39. The van der Waals surface area contributed by atoms with Gasteiger partial charge >= 0.3 is 0 Å². The average Bonchev–Trinajstić information content (AvgIpc) is 3.17. The molecule has 182 valence electrons. The Bertz CT molecular complexity index is 1130. The van der Waals surface area contributed by atoms with E-state index in [4.69, 9.17) is 9.72 Å². The van der Waals surface area contributed by atoms with Crippen molar-refractivity contribution in [2.75, 3.05) is 26.3 Å². The number of amides is 1. The Labute approximate surface area is 198 Å². The van der Waals surface area contributed by atoms with Gasteiger partial charge in [-0.1, -0.05) is 13.0 Å². The normalized spacial score (nSPS) is 14.6. The van der Waals surface area contributed by atoms with Crippen molar-refractivity contribution in [2.24, 2.45) is 0 Å². The third kappa shape index (κ3) is 6.18. The van der Waals surface area contributed by atoms with Crippen molar-refractivity contribution in [3.8, 4) is 0 Å². The van der Waals surface area contributed by atoms with Crippen LogP contribution in [0.1, 0.15) is 43.1 Å². The molecular weight excluding hydrogens is 438 g/mol. The fourth-order valence-corrected chi connectivity index (χ4v) is 4.39. The van der Waals surface area contributed by atoms with Gasteiger partial charge in [-0.05, 0) is 60.7 Å². The number of ether oxygens (including phenoxy) is 1. The molecule has 1 aliphatic heterocycles. The number of morpholine rings is 1. The second-order valence-corrected chi connectivity index (χ2v) is 8.76. The van der Waals surface area contributed by atoms with E-state index in [0.29, 0.717) is 24.9 Å². The van der Waals surface area contributed by atoms with Crippen LogP contribution in [0.25, 0.3) is 11.0 Å². The fraction of sp³-hybridized carbons (Fsp3) is 0.462. The van der Waals surface area contributed by atoms with E-state index in [2.05, 4.69) is 39.9 Å². The van der Waals surface area contributed by atoms with Gasteiger partial charge in [0.15, 0.2) is 0 Å². The van der Waals surface area contributed by atoms with Crippen LogP contribution < -0.4 is 5.32 Å². The number of halogens is 2. The minimum absolute atomic E-state index is 0.125. The van der Waals surface area contributed by atoms with E-state index < -0.39 is 11.6 Å². The average molecular weight is 471 g/mol. The maximum Gasteiger partial charge on any atom is 0.220 e. The zero-order valence-corrected chi connectivity index (χ0v) is 19.7. The number of benzene rings is 2. The summed E-state index contributed by atoms with van der Waals surface area (Å²) in [5.41, 5.74) is 3.52.